The van der Waals surface area contributed by atoms with Gasteiger partial charge in [-0.25, -0.2) is 4.57 Å². The maximum atomic E-state index is 8.88. The number of guanidine groups is 1. The minimum absolute atomic E-state index is 0.219. The van der Waals surface area contributed by atoms with Crippen LogP contribution in [0.5, 0.6) is 0 Å². The predicted octanol–water partition coefficient (Wildman–Crippen LogP) is 3.53. The number of hydrogen-bond acceptors (Lipinski definition) is 3. The van der Waals surface area contributed by atoms with E-state index in [-0.39, 0.29) is 5.96 Å². The van der Waals surface area contributed by atoms with E-state index < -0.39 is 7.82 Å². The monoisotopic (exact) mass is 424 g/mol. The number of aliphatic imine (C=N–C) groups is 1. The van der Waals surface area contributed by atoms with Crippen LogP contribution in [0.2, 0.25) is 0 Å². The van der Waals surface area contributed by atoms with Crippen LogP contribution in [0.1, 0.15) is 103 Å². The van der Waals surface area contributed by atoms with Crippen molar-refractivity contribution in [2.45, 2.75) is 103 Å². The summed E-state index contributed by atoms with van der Waals surface area (Å²) in [5.74, 6) is 0.219. The average Bonchev–Trinajstić information content (AvgIpc) is 2.59. The second-order valence-electron chi connectivity index (χ2n) is 7.27. The van der Waals surface area contributed by atoms with E-state index in [2.05, 4.69) is 4.99 Å². The van der Waals surface area contributed by atoms with Crippen LogP contribution in [0.4, 0.5) is 0 Å². The van der Waals surface area contributed by atoms with E-state index in [1.165, 1.54) is 96.3 Å². The van der Waals surface area contributed by atoms with Gasteiger partial charge in [0.2, 0.25) is 0 Å². The van der Waals surface area contributed by atoms with E-state index in [0.29, 0.717) is 0 Å². The van der Waals surface area contributed by atoms with E-state index in [1.807, 2.05) is 0 Å². The third kappa shape index (κ3) is 40.1. The van der Waals surface area contributed by atoms with Crippen LogP contribution in [-0.2, 0) is 4.57 Å². The Balaban J connectivity index is 0. The first-order valence-corrected chi connectivity index (χ1v) is 12.4. The lowest BCUT2D eigenvalue weighted by atomic mass is 10.0. The van der Waals surface area contributed by atoms with Crippen LogP contribution in [0.25, 0.3) is 0 Å². The molecule has 0 spiro atoms. The normalized spacial score (nSPS) is 11.0. The molecule has 0 aliphatic rings. The largest absolute Gasteiger partial charge is 0.466 e. The topological polar surface area (TPSA) is 168 Å². The van der Waals surface area contributed by atoms with Gasteiger partial charge in [-0.1, -0.05) is 89.9 Å². The molecule has 8 nitrogen and oxygen atoms in total. The maximum Gasteiger partial charge on any atom is 0.466 e. The second-order valence-corrected chi connectivity index (χ2v) is 8.29. The summed E-state index contributed by atoms with van der Waals surface area (Å²) in [5.41, 5.74) is 16.1. The molecule has 0 aliphatic carbocycles. The van der Waals surface area contributed by atoms with Gasteiger partial charge in [0.05, 0.1) is 0 Å². The van der Waals surface area contributed by atoms with Crippen molar-refractivity contribution in [2.75, 3.05) is 13.1 Å². The summed E-state index contributed by atoms with van der Waals surface area (Å²) in [6, 6.07) is 0. The third-order valence-corrected chi connectivity index (χ3v) is 4.41. The Morgan fingerprint density at radius 1 is 0.607 bits per heavy atom. The molecule has 0 bridgehead atoms. The lowest BCUT2D eigenvalue weighted by molar-refractivity contribution is 0.275. The summed E-state index contributed by atoms with van der Waals surface area (Å²) in [6.07, 6.45) is 21.7. The van der Waals surface area contributed by atoms with E-state index in [9.17, 15) is 0 Å². The van der Waals surface area contributed by atoms with Crippen LogP contribution in [0.15, 0.2) is 4.99 Å². The van der Waals surface area contributed by atoms with Gasteiger partial charge in [-0.15, -0.1) is 0 Å². The molecule has 0 saturated carbocycles. The molecule has 0 saturated heterocycles. The van der Waals surface area contributed by atoms with Crippen LogP contribution in [0.3, 0.4) is 0 Å². The van der Waals surface area contributed by atoms with E-state index in [4.69, 9.17) is 36.4 Å². The average molecular weight is 425 g/mol. The van der Waals surface area contributed by atoms with Crippen molar-refractivity contribution >= 4 is 13.8 Å². The summed E-state index contributed by atoms with van der Waals surface area (Å²) in [7, 11) is -4.64. The van der Waals surface area contributed by atoms with Crippen molar-refractivity contribution in [1.29, 1.82) is 0 Å². The minimum atomic E-state index is -4.64. The highest BCUT2D eigenvalue weighted by Gasteiger charge is 2.00. The van der Waals surface area contributed by atoms with Gasteiger partial charge in [0.1, 0.15) is 0 Å². The molecule has 0 aromatic heterocycles. The van der Waals surface area contributed by atoms with Crippen molar-refractivity contribution in [2.24, 2.45) is 22.2 Å². The highest BCUT2D eigenvalue weighted by molar-refractivity contribution is 7.45. The Kier molecular flexibility index (Phi) is 23.9. The molecular formula is C19H45N4O4P. The fourth-order valence-corrected chi connectivity index (χ4v) is 2.94. The Labute approximate surface area is 171 Å². The number of hydrogen-bond donors (Lipinski definition) is 6. The summed E-state index contributed by atoms with van der Waals surface area (Å²) in [4.78, 5) is 25.6. The zero-order valence-electron chi connectivity index (χ0n) is 17.6. The number of rotatable bonds is 18. The first-order chi connectivity index (χ1) is 13.3. The smallest absolute Gasteiger partial charge is 0.370 e. The molecule has 0 unspecified atom stereocenters. The Morgan fingerprint density at radius 2 is 0.857 bits per heavy atom. The highest BCUT2D eigenvalue weighted by atomic mass is 31.2. The van der Waals surface area contributed by atoms with Crippen LogP contribution >= 0.6 is 7.82 Å². The minimum Gasteiger partial charge on any atom is -0.370 e. The van der Waals surface area contributed by atoms with Crippen molar-refractivity contribution in [1.82, 2.24) is 0 Å². The lowest BCUT2D eigenvalue weighted by Crippen LogP contribution is -2.22. The Morgan fingerprint density at radius 3 is 1.11 bits per heavy atom. The van der Waals surface area contributed by atoms with Gasteiger partial charge in [-0.3, -0.25) is 4.99 Å². The van der Waals surface area contributed by atoms with Crippen molar-refractivity contribution in [3.63, 3.8) is 0 Å². The van der Waals surface area contributed by atoms with Gasteiger partial charge in [-0.05, 0) is 19.4 Å². The van der Waals surface area contributed by atoms with Crippen molar-refractivity contribution in [3.05, 3.63) is 0 Å². The molecule has 0 radical (unpaired) electrons. The Hall–Kier alpha value is -0.660. The predicted molar refractivity (Wildman–Crippen MR) is 118 cm³/mol. The Bertz CT molecular complexity index is 380. The van der Waals surface area contributed by atoms with E-state index in [0.717, 1.165) is 19.5 Å². The molecule has 9 N–H and O–H groups in total. The molecule has 0 atom stereocenters. The van der Waals surface area contributed by atoms with Gasteiger partial charge >= 0.3 is 7.82 Å². The SMILES string of the molecule is NCCCCCCCCCCCCCCCCCCN=C(N)N.O=P(O)(O)O. The van der Waals surface area contributed by atoms with Gasteiger partial charge in [0.15, 0.2) is 5.96 Å². The number of phosphoric acid groups is 1. The molecule has 9 heteroatoms. The standard InChI is InChI=1S/C19H42N4.H3O4P/c20-17-15-13-11-9-7-5-3-1-2-4-6-8-10-12-14-16-18-23-19(21)22;1-5(2,3)4/h1-18,20H2,(H4,21,22,23);(H3,1,2,3,4). The molecular weight excluding hydrogens is 379 g/mol. The molecule has 0 rings (SSSR count). The molecule has 0 aliphatic heterocycles. The molecule has 0 heterocycles. The first-order valence-electron chi connectivity index (χ1n) is 10.8. The number of nitrogens with two attached hydrogens (primary N) is 3. The zero-order chi connectivity index (χ0) is 21.5. The van der Waals surface area contributed by atoms with Crippen molar-refractivity contribution < 1.29 is 19.2 Å². The van der Waals surface area contributed by atoms with Gasteiger partial charge in [0.25, 0.3) is 0 Å². The molecule has 170 valence electrons. The third-order valence-electron chi connectivity index (χ3n) is 4.41. The quantitative estimate of drug-likeness (QED) is 0.0846. The van der Waals surface area contributed by atoms with E-state index >= 15 is 0 Å². The summed E-state index contributed by atoms with van der Waals surface area (Å²) in [6.45, 7) is 1.65. The zero-order valence-corrected chi connectivity index (χ0v) is 18.5. The van der Waals surface area contributed by atoms with Crippen LogP contribution < -0.4 is 17.2 Å². The summed E-state index contributed by atoms with van der Waals surface area (Å²) < 4.78 is 8.88. The van der Waals surface area contributed by atoms with Crippen molar-refractivity contribution in [3.8, 4) is 0 Å². The second kappa shape index (κ2) is 22.6. The van der Waals surface area contributed by atoms with E-state index in [1.54, 1.807) is 0 Å². The fraction of sp³-hybridized carbons (Fsp3) is 0.947. The summed E-state index contributed by atoms with van der Waals surface area (Å²) in [5, 5.41) is 0. The van der Waals surface area contributed by atoms with Crippen LogP contribution in [-0.4, -0.2) is 33.7 Å². The summed E-state index contributed by atoms with van der Waals surface area (Å²) >= 11 is 0. The number of nitrogens with zero attached hydrogens (tertiary/aromatic N) is 1. The van der Waals surface area contributed by atoms with Crippen LogP contribution in [0, 0.1) is 0 Å². The maximum absolute atomic E-state index is 8.88. The lowest BCUT2D eigenvalue weighted by Gasteiger charge is -2.03. The molecule has 0 aromatic rings. The fourth-order valence-electron chi connectivity index (χ4n) is 2.94. The molecule has 0 fully saturated rings. The first kappa shape index (κ1) is 29.5. The van der Waals surface area contributed by atoms with Gasteiger partial charge in [-0.2, -0.15) is 0 Å². The molecule has 0 amide bonds. The molecule has 0 aromatic carbocycles. The van der Waals surface area contributed by atoms with Gasteiger partial charge < -0.3 is 31.9 Å². The van der Waals surface area contributed by atoms with Gasteiger partial charge in [0, 0.05) is 6.54 Å². The molecule has 28 heavy (non-hydrogen) atoms. The number of unbranched alkanes of at least 4 members (excludes halogenated alkanes) is 15. The highest BCUT2D eigenvalue weighted by Crippen LogP contribution is 2.25.